The lowest BCUT2D eigenvalue weighted by Crippen LogP contribution is -2.48. The van der Waals surface area contributed by atoms with Crippen LogP contribution in [0.2, 0.25) is 0 Å². The molecule has 184 valence electrons. The SMILES string of the molecule is Cc1c(N(CC(Cc2ccc(OC(F)(F)F)cc2)N2CCCCC2)S(=O)[O-])sc2ccccc12. The van der Waals surface area contributed by atoms with Crippen LogP contribution in [0.3, 0.4) is 0 Å². The molecule has 1 aliphatic rings. The maximum atomic E-state index is 12.5. The van der Waals surface area contributed by atoms with Crippen LogP contribution in [0.1, 0.15) is 30.4 Å². The van der Waals surface area contributed by atoms with Crippen molar-refractivity contribution in [3.63, 3.8) is 0 Å². The number of rotatable bonds is 8. The van der Waals surface area contributed by atoms with Crippen molar-refractivity contribution in [2.24, 2.45) is 0 Å². The molecule has 2 unspecified atom stereocenters. The average molecular weight is 512 g/mol. The molecule has 4 rings (SSSR count). The molecule has 0 N–H and O–H groups in total. The highest BCUT2D eigenvalue weighted by Gasteiger charge is 2.31. The highest BCUT2D eigenvalue weighted by atomic mass is 32.2. The number of fused-ring (bicyclic) bond motifs is 1. The van der Waals surface area contributed by atoms with Crippen molar-refractivity contribution < 1.29 is 26.7 Å². The number of alkyl halides is 3. The second kappa shape index (κ2) is 10.6. The van der Waals surface area contributed by atoms with Crippen LogP contribution in [0.15, 0.2) is 48.5 Å². The number of ether oxygens (including phenoxy) is 1. The van der Waals surface area contributed by atoms with Gasteiger partial charge in [-0.25, -0.2) is 0 Å². The van der Waals surface area contributed by atoms with Crippen molar-refractivity contribution in [1.29, 1.82) is 0 Å². The van der Waals surface area contributed by atoms with Gasteiger partial charge in [0.2, 0.25) is 0 Å². The highest BCUT2D eigenvalue weighted by molar-refractivity contribution is 7.81. The number of anilines is 1. The van der Waals surface area contributed by atoms with Gasteiger partial charge >= 0.3 is 6.36 Å². The summed E-state index contributed by atoms with van der Waals surface area (Å²) in [4.78, 5) is 2.30. The first kappa shape index (κ1) is 25.0. The number of hydrogen-bond acceptors (Lipinski definition) is 5. The summed E-state index contributed by atoms with van der Waals surface area (Å²) < 4.78 is 68.6. The lowest BCUT2D eigenvalue weighted by molar-refractivity contribution is -0.274. The number of halogens is 3. The Hall–Kier alpha value is -2.14. The van der Waals surface area contributed by atoms with Crippen molar-refractivity contribution in [1.82, 2.24) is 4.90 Å². The minimum Gasteiger partial charge on any atom is -0.755 e. The summed E-state index contributed by atoms with van der Waals surface area (Å²) in [5.41, 5.74) is 1.76. The van der Waals surface area contributed by atoms with Crippen LogP contribution in [-0.2, 0) is 17.7 Å². The summed E-state index contributed by atoms with van der Waals surface area (Å²) >= 11 is -1.01. The largest absolute Gasteiger partial charge is 0.755 e. The Bertz CT molecular complexity index is 1130. The number of nitrogens with zero attached hydrogens (tertiary/aromatic N) is 2. The predicted molar refractivity (Wildman–Crippen MR) is 129 cm³/mol. The maximum Gasteiger partial charge on any atom is 0.573 e. The Balaban J connectivity index is 1.59. The quantitative estimate of drug-likeness (QED) is 0.359. The first-order chi connectivity index (χ1) is 16.2. The molecule has 1 aromatic heterocycles. The minimum absolute atomic E-state index is 0.114. The molecule has 5 nitrogen and oxygen atoms in total. The fraction of sp³-hybridized carbons (Fsp3) is 0.417. The summed E-state index contributed by atoms with van der Waals surface area (Å²) in [6, 6.07) is 13.6. The van der Waals surface area contributed by atoms with E-state index in [1.165, 1.54) is 27.8 Å². The topological polar surface area (TPSA) is 55.8 Å². The molecule has 2 heterocycles. The first-order valence-corrected chi connectivity index (χ1v) is 13.0. The molecule has 0 saturated carbocycles. The first-order valence-electron chi connectivity index (χ1n) is 11.1. The molecule has 0 amide bonds. The van der Waals surface area contributed by atoms with Crippen LogP contribution in [0.25, 0.3) is 10.1 Å². The molecule has 0 radical (unpaired) electrons. The Kier molecular flexibility index (Phi) is 7.81. The number of piperidine rings is 1. The van der Waals surface area contributed by atoms with Crippen LogP contribution >= 0.6 is 11.3 Å². The third-order valence-corrected chi connectivity index (χ3v) is 8.24. The van der Waals surface area contributed by atoms with E-state index < -0.39 is 17.6 Å². The third-order valence-electron chi connectivity index (χ3n) is 6.14. The fourth-order valence-corrected chi connectivity index (χ4v) is 6.48. The van der Waals surface area contributed by atoms with Gasteiger partial charge in [0.05, 0.1) is 0 Å². The van der Waals surface area contributed by atoms with E-state index in [4.69, 9.17) is 0 Å². The molecular weight excluding hydrogens is 485 g/mol. The molecule has 1 aliphatic heterocycles. The predicted octanol–water partition coefficient (Wildman–Crippen LogP) is 5.81. The molecule has 0 bridgehead atoms. The van der Waals surface area contributed by atoms with Crippen molar-refractivity contribution >= 4 is 37.7 Å². The number of benzene rings is 2. The number of thiophene rings is 1. The zero-order valence-corrected chi connectivity index (χ0v) is 20.3. The summed E-state index contributed by atoms with van der Waals surface area (Å²) in [5, 5.41) is 1.73. The van der Waals surface area contributed by atoms with Crippen molar-refractivity contribution in [3.8, 4) is 5.75 Å². The van der Waals surface area contributed by atoms with Crippen LogP contribution in [0.4, 0.5) is 18.2 Å². The van der Waals surface area contributed by atoms with E-state index in [-0.39, 0.29) is 18.3 Å². The maximum absolute atomic E-state index is 12.5. The van der Waals surface area contributed by atoms with Gasteiger partial charge < -0.3 is 9.29 Å². The number of hydrogen-bond donors (Lipinski definition) is 0. The van der Waals surface area contributed by atoms with Gasteiger partial charge in [0.1, 0.15) is 10.8 Å². The molecule has 0 aliphatic carbocycles. The van der Waals surface area contributed by atoms with Gasteiger partial charge in [0.15, 0.2) is 0 Å². The Morgan fingerprint density at radius 3 is 2.41 bits per heavy atom. The zero-order valence-electron chi connectivity index (χ0n) is 18.7. The molecule has 10 heteroatoms. The van der Waals surface area contributed by atoms with Gasteiger partial charge in [-0.3, -0.25) is 13.4 Å². The van der Waals surface area contributed by atoms with Gasteiger partial charge in [-0.2, -0.15) is 0 Å². The summed E-state index contributed by atoms with van der Waals surface area (Å²) in [6.07, 6.45) is -1.00. The van der Waals surface area contributed by atoms with Crippen LogP contribution in [-0.4, -0.2) is 45.7 Å². The monoisotopic (exact) mass is 511 g/mol. The normalized spacial score (nSPS) is 17.0. The van der Waals surface area contributed by atoms with Crippen LogP contribution in [0.5, 0.6) is 5.75 Å². The average Bonchev–Trinajstić information content (AvgIpc) is 3.13. The smallest absolute Gasteiger partial charge is 0.573 e. The molecule has 1 fully saturated rings. The molecule has 1 saturated heterocycles. The standard InChI is InChI=1S/C24H27F3N2O3S2/c1-17-21-7-3-4-8-22(21)33-23(17)29(34(30)31)16-19(28-13-5-2-6-14-28)15-18-9-11-20(12-10-18)32-24(25,26)27/h3-4,7-12,19H,2,5-6,13-16H2,1H3,(H,30,31)/p-1. The lowest BCUT2D eigenvalue weighted by Gasteiger charge is -2.38. The number of likely N-dealkylation sites (tertiary alicyclic amines) is 1. The highest BCUT2D eigenvalue weighted by Crippen LogP contribution is 2.38. The van der Waals surface area contributed by atoms with Crippen molar-refractivity contribution in [3.05, 3.63) is 59.7 Å². The summed E-state index contributed by atoms with van der Waals surface area (Å²) in [7, 11) is 0. The van der Waals surface area contributed by atoms with Crippen molar-refractivity contribution in [2.75, 3.05) is 23.9 Å². The van der Waals surface area contributed by atoms with E-state index in [1.54, 1.807) is 12.1 Å². The van der Waals surface area contributed by atoms with Gasteiger partial charge in [0.25, 0.3) is 0 Å². The Labute approximate surface area is 203 Å². The summed E-state index contributed by atoms with van der Waals surface area (Å²) in [5.74, 6) is -0.269. The Morgan fingerprint density at radius 2 is 1.79 bits per heavy atom. The lowest BCUT2D eigenvalue weighted by atomic mass is 10.0. The minimum atomic E-state index is -4.74. The van der Waals surface area contributed by atoms with Gasteiger partial charge in [0, 0.05) is 28.6 Å². The molecule has 2 atom stereocenters. The zero-order chi connectivity index (χ0) is 24.3. The van der Waals surface area contributed by atoms with E-state index in [9.17, 15) is 21.9 Å². The number of aryl methyl sites for hydroxylation is 1. The second-order valence-corrected chi connectivity index (χ2v) is 10.4. The Morgan fingerprint density at radius 1 is 1.12 bits per heavy atom. The van der Waals surface area contributed by atoms with E-state index in [0.717, 1.165) is 53.6 Å². The molecule has 2 aromatic carbocycles. The molecule has 3 aromatic rings. The van der Waals surface area contributed by atoms with E-state index >= 15 is 0 Å². The van der Waals surface area contributed by atoms with Crippen LogP contribution in [0, 0.1) is 6.92 Å². The van der Waals surface area contributed by atoms with E-state index in [0.29, 0.717) is 11.4 Å². The second-order valence-electron chi connectivity index (χ2n) is 8.45. The van der Waals surface area contributed by atoms with Gasteiger partial charge in [-0.15, -0.1) is 24.5 Å². The van der Waals surface area contributed by atoms with Crippen LogP contribution < -0.4 is 9.04 Å². The van der Waals surface area contributed by atoms with Crippen molar-refractivity contribution in [2.45, 2.75) is 45.0 Å². The van der Waals surface area contributed by atoms with Gasteiger partial charge in [-0.1, -0.05) is 36.8 Å². The molecular formula is C24H26F3N2O3S2-. The van der Waals surface area contributed by atoms with E-state index in [1.807, 2.05) is 31.2 Å². The molecule has 34 heavy (non-hydrogen) atoms. The molecule has 0 spiro atoms. The summed E-state index contributed by atoms with van der Waals surface area (Å²) in [6.45, 7) is 3.93. The van der Waals surface area contributed by atoms with E-state index in [2.05, 4.69) is 9.64 Å². The third kappa shape index (κ3) is 6.10. The fourth-order valence-electron chi connectivity index (χ4n) is 4.49. The van der Waals surface area contributed by atoms with Gasteiger partial charge in [-0.05, 0) is 74.0 Å².